The molecule has 0 bridgehead atoms. The zero-order valence-corrected chi connectivity index (χ0v) is 12.2. The summed E-state index contributed by atoms with van der Waals surface area (Å²) in [7, 11) is 0. The minimum absolute atomic E-state index is 0.212. The molecule has 0 radical (unpaired) electrons. The number of rotatable bonds is 0. The number of nitrogens with two attached hydrogens (primary N) is 1. The molecule has 0 spiro atoms. The molecule has 104 valence electrons. The summed E-state index contributed by atoms with van der Waals surface area (Å²) in [5, 5.41) is 0. The van der Waals surface area contributed by atoms with Crippen molar-refractivity contribution in [3.05, 3.63) is 29.8 Å². The maximum Gasteiger partial charge on any atom is 0.415 e. The van der Waals surface area contributed by atoms with Gasteiger partial charge in [0.15, 0.2) is 0 Å². The van der Waals surface area contributed by atoms with Gasteiger partial charge in [0.1, 0.15) is 5.60 Å². The highest BCUT2D eigenvalue weighted by molar-refractivity contribution is 5.93. The quantitative estimate of drug-likeness (QED) is 0.781. The molecule has 1 amide bonds. The van der Waals surface area contributed by atoms with Crippen LogP contribution >= 0.6 is 0 Å². The maximum absolute atomic E-state index is 12.4. The van der Waals surface area contributed by atoms with Crippen molar-refractivity contribution in [2.45, 2.75) is 51.8 Å². The molecule has 0 aromatic heterocycles. The van der Waals surface area contributed by atoms with E-state index in [4.69, 9.17) is 10.5 Å². The normalized spacial score (nSPS) is 21.2. The number of para-hydroxylation sites is 1. The number of amides is 1. The Morgan fingerprint density at radius 1 is 1.32 bits per heavy atom. The molecule has 1 aliphatic rings. The molecule has 1 aromatic rings. The van der Waals surface area contributed by atoms with Crippen molar-refractivity contribution in [3.63, 3.8) is 0 Å². The van der Waals surface area contributed by atoms with Gasteiger partial charge in [-0.25, -0.2) is 4.79 Å². The lowest BCUT2D eigenvalue weighted by molar-refractivity contribution is 0.0545. The van der Waals surface area contributed by atoms with E-state index in [0.717, 1.165) is 11.3 Å². The number of ether oxygens (including phenoxy) is 1. The van der Waals surface area contributed by atoms with Gasteiger partial charge in [0.2, 0.25) is 0 Å². The second-order valence-electron chi connectivity index (χ2n) is 6.51. The van der Waals surface area contributed by atoms with Crippen molar-refractivity contribution in [2.24, 2.45) is 5.73 Å². The largest absolute Gasteiger partial charge is 0.443 e. The Balaban J connectivity index is 2.42. The molecular formula is C15H22N2O2. The molecule has 0 unspecified atom stereocenters. The summed E-state index contributed by atoms with van der Waals surface area (Å²) >= 11 is 0. The Hall–Kier alpha value is -1.55. The van der Waals surface area contributed by atoms with E-state index < -0.39 is 11.1 Å². The fourth-order valence-corrected chi connectivity index (χ4v) is 2.43. The fraction of sp³-hybridized carbons (Fsp3) is 0.533. The molecule has 0 fully saturated rings. The third-order valence-electron chi connectivity index (χ3n) is 3.43. The molecule has 4 heteroatoms. The van der Waals surface area contributed by atoms with Gasteiger partial charge < -0.3 is 10.5 Å². The minimum Gasteiger partial charge on any atom is -0.443 e. The van der Waals surface area contributed by atoms with Crippen molar-refractivity contribution in [1.82, 2.24) is 0 Å². The van der Waals surface area contributed by atoms with E-state index in [9.17, 15) is 4.79 Å². The van der Waals surface area contributed by atoms with Gasteiger partial charge in [-0.3, -0.25) is 4.90 Å². The molecule has 1 heterocycles. The van der Waals surface area contributed by atoms with Crippen molar-refractivity contribution in [2.75, 3.05) is 4.90 Å². The van der Waals surface area contributed by atoms with Gasteiger partial charge in [-0.2, -0.15) is 0 Å². The Morgan fingerprint density at radius 2 is 1.89 bits per heavy atom. The average molecular weight is 262 g/mol. The molecule has 0 saturated carbocycles. The van der Waals surface area contributed by atoms with Crippen LogP contribution in [-0.2, 0) is 4.74 Å². The molecule has 4 nitrogen and oxygen atoms in total. The number of anilines is 1. The summed E-state index contributed by atoms with van der Waals surface area (Å²) in [6, 6.07) is 7.51. The third kappa shape index (κ3) is 2.32. The summed E-state index contributed by atoms with van der Waals surface area (Å²) in [6.45, 7) is 9.50. The predicted molar refractivity (Wildman–Crippen MR) is 76.2 cm³/mol. The Morgan fingerprint density at radius 3 is 2.47 bits per heavy atom. The first kappa shape index (κ1) is 13.9. The van der Waals surface area contributed by atoms with E-state index in [1.807, 2.05) is 58.9 Å². The number of hydrogen-bond acceptors (Lipinski definition) is 3. The fourth-order valence-electron chi connectivity index (χ4n) is 2.43. The van der Waals surface area contributed by atoms with Crippen LogP contribution in [0.3, 0.4) is 0 Å². The number of benzene rings is 1. The highest BCUT2D eigenvalue weighted by atomic mass is 16.6. The van der Waals surface area contributed by atoms with Crippen molar-refractivity contribution < 1.29 is 9.53 Å². The highest BCUT2D eigenvalue weighted by Crippen LogP contribution is 2.45. The zero-order chi connectivity index (χ0) is 14.4. The lowest BCUT2D eigenvalue weighted by Crippen LogP contribution is -2.51. The number of fused-ring (bicyclic) bond motifs is 1. The van der Waals surface area contributed by atoms with Crippen LogP contribution in [-0.4, -0.2) is 17.2 Å². The average Bonchev–Trinajstić information content (AvgIpc) is 2.45. The summed E-state index contributed by atoms with van der Waals surface area (Å²) in [5.41, 5.74) is 7.08. The van der Waals surface area contributed by atoms with Gasteiger partial charge >= 0.3 is 6.09 Å². The number of hydrogen-bond donors (Lipinski definition) is 1. The monoisotopic (exact) mass is 262 g/mol. The first-order valence-corrected chi connectivity index (χ1v) is 6.52. The molecule has 2 N–H and O–H groups in total. The van der Waals surface area contributed by atoms with E-state index >= 15 is 0 Å². The Bertz CT molecular complexity index is 503. The summed E-state index contributed by atoms with van der Waals surface area (Å²) in [6.07, 6.45) is -0.349. The van der Waals surface area contributed by atoms with Gasteiger partial charge in [0.25, 0.3) is 0 Å². The van der Waals surface area contributed by atoms with Crippen LogP contribution in [0.2, 0.25) is 0 Å². The molecule has 19 heavy (non-hydrogen) atoms. The topological polar surface area (TPSA) is 55.6 Å². The second-order valence-corrected chi connectivity index (χ2v) is 6.51. The molecule has 1 aromatic carbocycles. The lowest BCUT2D eigenvalue weighted by atomic mass is 9.94. The standard InChI is InChI=1S/C15H22N2O2/c1-14(2,3)19-13(18)17-11-9-7-6-8-10(11)12(16)15(17,4)5/h6-9,12H,16H2,1-5H3/t12-/m0/s1. The van der Waals surface area contributed by atoms with Gasteiger partial charge in [-0.05, 0) is 46.2 Å². The van der Waals surface area contributed by atoms with Crippen molar-refractivity contribution in [1.29, 1.82) is 0 Å². The van der Waals surface area contributed by atoms with E-state index in [-0.39, 0.29) is 12.1 Å². The van der Waals surface area contributed by atoms with Gasteiger partial charge in [-0.15, -0.1) is 0 Å². The van der Waals surface area contributed by atoms with Crippen LogP contribution < -0.4 is 10.6 Å². The zero-order valence-electron chi connectivity index (χ0n) is 12.2. The summed E-state index contributed by atoms with van der Waals surface area (Å²) in [5.74, 6) is 0. The summed E-state index contributed by atoms with van der Waals surface area (Å²) < 4.78 is 5.49. The van der Waals surface area contributed by atoms with Crippen LogP contribution in [0.25, 0.3) is 0 Å². The van der Waals surface area contributed by atoms with Crippen molar-refractivity contribution in [3.8, 4) is 0 Å². The maximum atomic E-state index is 12.4. The van der Waals surface area contributed by atoms with Crippen LogP contribution in [0.15, 0.2) is 24.3 Å². The highest BCUT2D eigenvalue weighted by Gasteiger charge is 2.47. The molecular weight excluding hydrogens is 240 g/mol. The predicted octanol–water partition coefficient (Wildman–Crippen LogP) is 3.22. The first-order chi connectivity index (χ1) is 8.64. The van der Waals surface area contributed by atoms with E-state index in [1.165, 1.54) is 0 Å². The van der Waals surface area contributed by atoms with Crippen LogP contribution in [0.5, 0.6) is 0 Å². The van der Waals surface area contributed by atoms with Crippen LogP contribution in [0.1, 0.15) is 46.2 Å². The first-order valence-electron chi connectivity index (χ1n) is 6.52. The molecule has 0 saturated heterocycles. The number of carbonyl (C=O) groups is 1. The van der Waals surface area contributed by atoms with Crippen molar-refractivity contribution >= 4 is 11.8 Å². The van der Waals surface area contributed by atoms with Gasteiger partial charge in [0.05, 0.1) is 17.3 Å². The second kappa shape index (κ2) is 4.23. The minimum atomic E-state index is -0.519. The lowest BCUT2D eigenvalue weighted by Gasteiger charge is -2.35. The van der Waals surface area contributed by atoms with E-state index in [2.05, 4.69) is 0 Å². The van der Waals surface area contributed by atoms with E-state index in [1.54, 1.807) is 4.90 Å². The molecule has 2 rings (SSSR count). The third-order valence-corrected chi connectivity index (χ3v) is 3.43. The van der Waals surface area contributed by atoms with Gasteiger partial charge in [-0.1, -0.05) is 18.2 Å². The number of nitrogens with zero attached hydrogens (tertiary/aromatic N) is 1. The molecule has 1 atom stereocenters. The molecule has 1 aliphatic heterocycles. The molecule has 0 aliphatic carbocycles. The number of carbonyl (C=O) groups excluding carboxylic acids is 1. The van der Waals surface area contributed by atoms with Crippen LogP contribution in [0.4, 0.5) is 10.5 Å². The van der Waals surface area contributed by atoms with Crippen LogP contribution in [0, 0.1) is 0 Å². The Kier molecular flexibility index (Phi) is 3.09. The van der Waals surface area contributed by atoms with Gasteiger partial charge in [0, 0.05) is 0 Å². The van der Waals surface area contributed by atoms with E-state index in [0.29, 0.717) is 0 Å². The SMILES string of the molecule is CC(C)(C)OC(=O)N1c2ccccc2[C@H](N)C1(C)C. The summed E-state index contributed by atoms with van der Waals surface area (Å²) in [4.78, 5) is 14.1. The Labute approximate surface area is 114 Å². The smallest absolute Gasteiger partial charge is 0.415 e.